The molecule has 0 amide bonds. The predicted octanol–water partition coefficient (Wildman–Crippen LogP) is 15.2. The monoisotopic (exact) mass is 830 g/mol. The van der Waals surface area contributed by atoms with E-state index in [1.54, 1.807) is 0 Å². The molecule has 7 aromatic carbocycles. The standard InChI is InChI=1S/C58H50N4Si/c1-39-31-48(62-55-29-15-13-27-49(55)50-28-14-16-30-56(50)62)32-40(2)58(39)61(46-25-17-23-44(33-46)53-35-51(41(3)37-59-53)42-19-9-7-10-20-42)47-26-18-24-45(34-47)54-36-52(43-21-11-8-12-22-43)57(38-60-54)63(4,5)6/h7-38H,1-6H3. The lowest BCUT2D eigenvalue weighted by Crippen LogP contribution is -2.39. The number of nitrogens with zero attached hydrogens (tertiary/aromatic N) is 4. The molecule has 10 aromatic rings. The second-order valence-electron chi connectivity index (χ2n) is 17.7. The van der Waals surface area contributed by atoms with Crippen molar-refractivity contribution in [2.75, 3.05) is 4.90 Å². The van der Waals surface area contributed by atoms with Crippen molar-refractivity contribution in [3.8, 4) is 50.5 Å². The molecule has 0 aliphatic heterocycles. The highest BCUT2D eigenvalue weighted by atomic mass is 28.3. The maximum absolute atomic E-state index is 5.17. The third-order valence-corrected chi connectivity index (χ3v) is 14.3. The number of anilines is 3. The summed E-state index contributed by atoms with van der Waals surface area (Å²) < 4.78 is 2.41. The molecule has 63 heavy (non-hydrogen) atoms. The van der Waals surface area contributed by atoms with Gasteiger partial charge in [-0.05, 0) is 126 Å². The number of fused-ring (bicyclic) bond motifs is 3. The highest BCUT2D eigenvalue weighted by Gasteiger charge is 2.24. The smallest absolute Gasteiger partial charge is 0.0804 e. The van der Waals surface area contributed by atoms with Gasteiger partial charge < -0.3 is 9.47 Å². The minimum Gasteiger partial charge on any atom is -0.310 e. The van der Waals surface area contributed by atoms with Gasteiger partial charge in [-0.2, -0.15) is 0 Å². The minimum atomic E-state index is -1.71. The fraction of sp³-hybridized carbons (Fsp3) is 0.103. The third-order valence-electron chi connectivity index (χ3n) is 12.3. The zero-order valence-electron chi connectivity index (χ0n) is 36.8. The van der Waals surface area contributed by atoms with E-state index < -0.39 is 8.07 Å². The molecule has 0 N–H and O–H groups in total. The van der Waals surface area contributed by atoms with Gasteiger partial charge in [-0.15, -0.1) is 0 Å². The molecule has 0 aliphatic carbocycles. The van der Waals surface area contributed by atoms with Gasteiger partial charge in [-0.25, -0.2) is 0 Å². The topological polar surface area (TPSA) is 34.0 Å². The van der Waals surface area contributed by atoms with Gasteiger partial charge in [0.2, 0.25) is 0 Å². The van der Waals surface area contributed by atoms with Crippen LogP contribution in [-0.2, 0) is 0 Å². The first-order valence-electron chi connectivity index (χ1n) is 21.8. The van der Waals surface area contributed by atoms with Crippen molar-refractivity contribution in [3.05, 3.63) is 211 Å². The number of aryl methyl sites for hydroxylation is 3. The number of benzene rings is 7. The SMILES string of the molecule is Cc1cnc(-c2cccc(N(c3cccc(-c4cc(-c5ccccc5)c([Si](C)(C)C)cn4)c3)c3c(C)cc(-n4c5ccccc5c5ccccc54)cc3C)c2)cc1-c1ccccc1. The maximum atomic E-state index is 5.17. The minimum absolute atomic E-state index is 0.935. The Kier molecular flexibility index (Phi) is 10.2. The van der Waals surface area contributed by atoms with Crippen molar-refractivity contribution in [3.63, 3.8) is 0 Å². The van der Waals surface area contributed by atoms with Crippen molar-refractivity contribution in [2.45, 2.75) is 40.4 Å². The summed E-state index contributed by atoms with van der Waals surface area (Å²) in [5.74, 6) is 0. The van der Waals surface area contributed by atoms with E-state index in [0.717, 1.165) is 50.8 Å². The van der Waals surface area contributed by atoms with E-state index in [2.05, 4.69) is 238 Å². The summed E-state index contributed by atoms with van der Waals surface area (Å²) >= 11 is 0. The summed E-state index contributed by atoms with van der Waals surface area (Å²) in [7, 11) is -1.71. The molecular weight excluding hydrogens is 781 g/mol. The molecule has 3 heterocycles. The van der Waals surface area contributed by atoms with Crippen molar-refractivity contribution in [1.82, 2.24) is 14.5 Å². The number of rotatable bonds is 9. The molecule has 0 unspecified atom stereocenters. The summed E-state index contributed by atoms with van der Waals surface area (Å²) in [6, 6.07) is 65.7. The Bertz CT molecular complexity index is 3230. The van der Waals surface area contributed by atoms with Crippen molar-refractivity contribution in [2.24, 2.45) is 0 Å². The van der Waals surface area contributed by atoms with Crippen LogP contribution < -0.4 is 10.1 Å². The van der Waals surface area contributed by atoms with Crippen LogP contribution in [0, 0.1) is 20.8 Å². The first-order chi connectivity index (χ1) is 30.6. The Morgan fingerprint density at radius 3 is 1.43 bits per heavy atom. The number of para-hydroxylation sites is 2. The van der Waals surface area contributed by atoms with E-state index in [1.807, 2.05) is 6.20 Å². The predicted molar refractivity (Wildman–Crippen MR) is 270 cm³/mol. The Morgan fingerprint density at radius 2 is 0.889 bits per heavy atom. The first-order valence-corrected chi connectivity index (χ1v) is 25.3. The van der Waals surface area contributed by atoms with Crippen LogP contribution in [0.15, 0.2) is 194 Å². The second kappa shape index (κ2) is 16.2. The highest BCUT2D eigenvalue weighted by Crippen LogP contribution is 2.43. The molecule has 0 fully saturated rings. The molecular formula is C58H50N4Si. The molecule has 5 heteroatoms. The number of hydrogen-bond acceptors (Lipinski definition) is 3. The number of pyridine rings is 2. The van der Waals surface area contributed by atoms with Crippen molar-refractivity contribution >= 4 is 52.1 Å². The average molecular weight is 831 g/mol. The number of hydrogen-bond donors (Lipinski definition) is 0. The van der Waals surface area contributed by atoms with Crippen LogP contribution in [0.1, 0.15) is 16.7 Å². The normalized spacial score (nSPS) is 11.7. The summed E-state index contributed by atoms with van der Waals surface area (Å²) in [6.45, 7) is 13.8. The molecule has 0 bridgehead atoms. The van der Waals surface area contributed by atoms with Crippen LogP contribution in [-0.4, -0.2) is 22.6 Å². The third kappa shape index (κ3) is 7.45. The molecule has 0 saturated heterocycles. The van der Waals surface area contributed by atoms with Gasteiger partial charge in [-0.3, -0.25) is 9.97 Å². The molecule has 0 spiro atoms. The molecule has 0 radical (unpaired) electrons. The lowest BCUT2D eigenvalue weighted by atomic mass is 9.99. The molecule has 0 aliphatic rings. The first kappa shape index (κ1) is 39.8. The van der Waals surface area contributed by atoms with E-state index in [0.29, 0.717) is 0 Å². The molecule has 0 atom stereocenters. The highest BCUT2D eigenvalue weighted by molar-refractivity contribution is 6.89. The zero-order chi connectivity index (χ0) is 43.2. The Labute approximate surface area is 371 Å². The fourth-order valence-corrected chi connectivity index (χ4v) is 10.8. The van der Waals surface area contributed by atoms with E-state index in [9.17, 15) is 0 Å². The lowest BCUT2D eigenvalue weighted by Gasteiger charge is -2.30. The average Bonchev–Trinajstić information content (AvgIpc) is 3.65. The van der Waals surface area contributed by atoms with Crippen molar-refractivity contribution < 1.29 is 0 Å². The summed E-state index contributed by atoms with van der Waals surface area (Å²) in [5.41, 5.74) is 19.2. The molecule has 0 saturated carbocycles. The van der Waals surface area contributed by atoms with E-state index >= 15 is 0 Å². The molecule has 306 valence electrons. The maximum Gasteiger partial charge on any atom is 0.0804 e. The van der Waals surface area contributed by atoms with Gasteiger partial charge in [-0.1, -0.05) is 141 Å². The largest absolute Gasteiger partial charge is 0.310 e. The zero-order valence-corrected chi connectivity index (χ0v) is 37.8. The Hall–Kier alpha value is -7.34. The van der Waals surface area contributed by atoms with Crippen LogP contribution >= 0.6 is 0 Å². The Balaban J connectivity index is 1.15. The molecule has 10 rings (SSSR count). The summed E-state index contributed by atoms with van der Waals surface area (Å²) in [4.78, 5) is 12.6. The van der Waals surface area contributed by atoms with E-state index in [4.69, 9.17) is 9.97 Å². The number of aromatic nitrogens is 3. The van der Waals surface area contributed by atoms with Gasteiger partial charge in [0.1, 0.15) is 0 Å². The van der Waals surface area contributed by atoms with Crippen LogP contribution in [0.4, 0.5) is 17.1 Å². The quantitative estimate of drug-likeness (QED) is 0.136. The van der Waals surface area contributed by atoms with Crippen LogP contribution in [0.3, 0.4) is 0 Å². The van der Waals surface area contributed by atoms with E-state index in [1.165, 1.54) is 60.4 Å². The van der Waals surface area contributed by atoms with Crippen LogP contribution in [0.5, 0.6) is 0 Å². The van der Waals surface area contributed by atoms with Gasteiger partial charge >= 0.3 is 0 Å². The van der Waals surface area contributed by atoms with Crippen molar-refractivity contribution in [1.29, 1.82) is 0 Å². The van der Waals surface area contributed by atoms with Gasteiger partial charge in [0.15, 0.2) is 0 Å². The fourth-order valence-electron chi connectivity index (χ4n) is 9.31. The second-order valence-corrected chi connectivity index (χ2v) is 22.8. The van der Waals surface area contributed by atoms with Gasteiger partial charge in [0, 0.05) is 51.4 Å². The van der Waals surface area contributed by atoms with Gasteiger partial charge in [0.05, 0.1) is 36.2 Å². The lowest BCUT2D eigenvalue weighted by molar-refractivity contribution is 1.14. The Morgan fingerprint density at radius 1 is 0.429 bits per heavy atom. The molecule has 4 nitrogen and oxygen atoms in total. The van der Waals surface area contributed by atoms with Crippen LogP contribution in [0.25, 0.3) is 72.3 Å². The summed E-state index contributed by atoms with van der Waals surface area (Å²) in [6.07, 6.45) is 4.13. The van der Waals surface area contributed by atoms with Crippen LogP contribution in [0.2, 0.25) is 19.6 Å². The van der Waals surface area contributed by atoms with Gasteiger partial charge in [0.25, 0.3) is 0 Å². The summed E-state index contributed by atoms with van der Waals surface area (Å²) in [5, 5.41) is 3.87. The molecule has 3 aromatic heterocycles. The van der Waals surface area contributed by atoms with E-state index in [-0.39, 0.29) is 0 Å².